The lowest BCUT2D eigenvalue weighted by atomic mass is 10.2. The maximum absolute atomic E-state index is 12.1. The van der Waals surface area contributed by atoms with Crippen LogP contribution in [0.25, 0.3) is 0 Å². The lowest BCUT2D eigenvalue weighted by molar-refractivity contribution is -0.120. The third-order valence-corrected chi connectivity index (χ3v) is 3.93. The third kappa shape index (κ3) is 5.41. The Labute approximate surface area is 161 Å². The van der Waals surface area contributed by atoms with E-state index in [0.29, 0.717) is 13.1 Å². The molecule has 1 aromatic heterocycles. The molecule has 0 spiro atoms. The van der Waals surface area contributed by atoms with Crippen LogP contribution in [0.2, 0.25) is 0 Å². The van der Waals surface area contributed by atoms with Crippen molar-refractivity contribution in [1.29, 1.82) is 0 Å². The van der Waals surface area contributed by atoms with Gasteiger partial charge in [0.15, 0.2) is 5.82 Å². The summed E-state index contributed by atoms with van der Waals surface area (Å²) in [6, 6.07) is 16.8. The average Bonchev–Trinajstić information content (AvgIpc) is 3.20. The average molecular weight is 380 g/mol. The summed E-state index contributed by atoms with van der Waals surface area (Å²) in [6.07, 6.45) is -0.0674. The van der Waals surface area contributed by atoms with Crippen LogP contribution in [0.4, 0.5) is 0 Å². The highest BCUT2D eigenvalue weighted by Crippen LogP contribution is 2.11. The number of benzene rings is 2. The SMILES string of the molecule is COc1ccc(CNC(=O)c2nc(CC(=O)NCc3ccccc3)no2)cc1. The Hall–Kier alpha value is -3.68. The van der Waals surface area contributed by atoms with E-state index < -0.39 is 5.91 Å². The van der Waals surface area contributed by atoms with Crippen molar-refractivity contribution in [1.82, 2.24) is 20.8 Å². The van der Waals surface area contributed by atoms with Crippen molar-refractivity contribution in [3.8, 4) is 5.75 Å². The first-order chi connectivity index (χ1) is 13.6. The van der Waals surface area contributed by atoms with Crippen molar-refractivity contribution in [3.63, 3.8) is 0 Å². The molecule has 0 saturated heterocycles. The summed E-state index contributed by atoms with van der Waals surface area (Å²) in [5.74, 6) is -0.0456. The number of carbonyl (C=O) groups excluding carboxylic acids is 2. The van der Waals surface area contributed by atoms with Crippen LogP contribution in [0.3, 0.4) is 0 Å². The number of nitrogens with zero attached hydrogens (tertiary/aromatic N) is 2. The first-order valence-electron chi connectivity index (χ1n) is 8.68. The van der Waals surface area contributed by atoms with Crippen LogP contribution in [0, 0.1) is 0 Å². The van der Waals surface area contributed by atoms with Crippen molar-refractivity contribution in [2.75, 3.05) is 7.11 Å². The number of carbonyl (C=O) groups is 2. The Kier molecular flexibility index (Phi) is 6.35. The fraction of sp³-hybridized carbons (Fsp3) is 0.200. The Morgan fingerprint density at radius 2 is 1.64 bits per heavy atom. The Bertz CT molecular complexity index is 923. The molecule has 28 heavy (non-hydrogen) atoms. The third-order valence-electron chi connectivity index (χ3n) is 3.93. The van der Waals surface area contributed by atoms with Gasteiger partial charge in [-0.1, -0.05) is 47.6 Å². The maximum atomic E-state index is 12.1. The minimum absolute atomic E-state index is 0.0674. The first kappa shape index (κ1) is 19.1. The van der Waals surface area contributed by atoms with E-state index in [4.69, 9.17) is 9.26 Å². The van der Waals surface area contributed by atoms with Gasteiger partial charge in [0, 0.05) is 13.1 Å². The molecule has 0 fully saturated rings. The molecule has 3 rings (SSSR count). The molecular weight excluding hydrogens is 360 g/mol. The number of methoxy groups -OCH3 is 1. The van der Waals surface area contributed by atoms with Gasteiger partial charge in [0.1, 0.15) is 5.75 Å². The highest BCUT2D eigenvalue weighted by atomic mass is 16.5. The highest BCUT2D eigenvalue weighted by molar-refractivity contribution is 5.89. The summed E-state index contributed by atoms with van der Waals surface area (Å²) in [4.78, 5) is 28.1. The molecule has 1 heterocycles. The van der Waals surface area contributed by atoms with E-state index in [1.807, 2.05) is 42.5 Å². The first-order valence-corrected chi connectivity index (χ1v) is 8.68. The monoisotopic (exact) mass is 380 g/mol. The molecule has 144 valence electrons. The topological polar surface area (TPSA) is 106 Å². The van der Waals surface area contributed by atoms with Crippen molar-refractivity contribution in [2.45, 2.75) is 19.5 Å². The van der Waals surface area contributed by atoms with Gasteiger partial charge in [-0.05, 0) is 23.3 Å². The zero-order valence-corrected chi connectivity index (χ0v) is 15.3. The molecule has 0 radical (unpaired) electrons. The van der Waals surface area contributed by atoms with Gasteiger partial charge in [0.25, 0.3) is 0 Å². The number of rotatable bonds is 8. The summed E-state index contributed by atoms with van der Waals surface area (Å²) in [7, 11) is 1.59. The Morgan fingerprint density at radius 1 is 0.964 bits per heavy atom. The minimum Gasteiger partial charge on any atom is -0.497 e. The number of nitrogens with one attached hydrogen (secondary N) is 2. The van der Waals surface area contributed by atoms with Crippen molar-refractivity contribution >= 4 is 11.8 Å². The standard InChI is InChI=1S/C20H20N4O4/c1-27-16-9-7-15(8-10-16)13-22-19(26)20-23-17(24-28-20)11-18(25)21-12-14-5-3-2-4-6-14/h2-10H,11-13H2,1H3,(H,21,25)(H,22,26). The van der Waals surface area contributed by atoms with Crippen molar-refractivity contribution in [3.05, 3.63) is 77.4 Å². The quantitative estimate of drug-likeness (QED) is 0.618. The molecule has 0 aliphatic rings. The minimum atomic E-state index is -0.501. The summed E-state index contributed by atoms with van der Waals surface area (Å²) >= 11 is 0. The molecular formula is C20H20N4O4. The van der Waals surface area contributed by atoms with E-state index >= 15 is 0 Å². The predicted octanol–water partition coefficient (Wildman–Crippen LogP) is 1.87. The van der Waals surface area contributed by atoms with Crippen LogP contribution in [-0.4, -0.2) is 29.1 Å². The predicted molar refractivity (Wildman–Crippen MR) is 100 cm³/mol. The van der Waals surface area contributed by atoms with E-state index in [1.54, 1.807) is 19.2 Å². The summed E-state index contributed by atoms with van der Waals surface area (Å²) in [6.45, 7) is 0.713. The molecule has 2 amide bonds. The van der Waals surface area contributed by atoms with E-state index in [2.05, 4.69) is 20.8 Å². The van der Waals surface area contributed by atoms with Crippen LogP contribution in [0.5, 0.6) is 5.75 Å². The summed E-state index contributed by atoms with van der Waals surface area (Å²) in [5, 5.41) is 9.15. The van der Waals surface area contributed by atoms with E-state index in [9.17, 15) is 9.59 Å². The van der Waals surface area contributed by atoms with Crippen LogP contribution >= 0.6 is 0 Å². The zero-order valence-electron chi connectivity index (χ0n) is 15.3. The van der Waals surface area contributed by atoms with Crippen LogP contribution in [-0.2, 0) is 24.3 Å². The summed E-state index contributed by atoms with van der Waals surface area (Å²) < 4.78 is 10.0. The zero-order chi connectivity index (χ0) is 19.8. The number of hydrogen-bond acceptors (Lipinski definition) is 6. The molecule has 2 aromatic carbocycles. The Morgan fingerprint density at radius 3 is 2.36 bits per heavy atom. The molecule has 0 bridgehead atoms. The second-order valence-electron chi connectivity index (χ2n) is 5.99. The number of aromatic nitrogens is 2. The fourth-order valence-electron chi connectivity index (χ4n) is 2.42. The van der Waals surface area contributed by atoms with Gasteiger partial charge in [-0.15, -0.1) is 0 Å². The van der Waals surface area contributed by atoms with Crippen LogP contribution in [0.1, 0.15) is 27.6 Å². The molecule has 8 heteroatoms. The second kappa shape index (κ2) is 9.31. The van der Waals surface area contributed by atoms with Crippen molar-refractivity contribution < 1.29 is 18.8 Å². The number of hydrogen-bond donors (Lipinski definition) is 2. The summed E-state index contributed by atoms with van der Waals surface area (Å²) in [5.41, 5.74) is 1.89. The molecule has 0 unspecified atom stereocenters. The normalized spacial score (nSPS) is 10.3. The molecule has 3 aromatic rings. The molecule has 0 saturated carbocycles. The van der Waals surface area contributed by atoms with E-state index in [0.717, 1.165) is 16.9 Å². The molecule has 0 aliphatic heterocycles. The smallest absolute Gasteiger partial charge is 0.315 e. The molecule has 0 atom stereocenters. The molecule has 2 N–H and O–H groups in total. The number of ether oxygens (including phenoxy) is 1. The molecule has 0 aliphatic carbocycles. The Balaban J connectivity index is 1.47. The van der Waals surface area contributed by atoms with Gasteiger partial charge in [0.2, 0.25) is 5.91 Å². The lowest BCUT2D eigenvalue weighted by Gasteiger charge is -2.04. The van der Waals surface area contributed by atoms with Gasteiger partial charge < -0.3 is 19.9 Å². The van der Waals surface area contributed by atoms with Gasteiger partial charge in [0.05, 0.1) is 13.5 Å². The highest BCUT2D eigenvalue weighted by Gasteiger charge is 2.16. The van der Waals surface area contributed by atoms with Gasteiger partial charge in [-0.25, -0.2) is 0 Å². The van der Waals surface area contributed by atoms with E-state index in [-0.39, 0.29) is 24.0 Å². The van der Waals surface area contributed by atoms with Crippen LogP contribution < -0.4 is 15.4 Å². The number of amides is 2. The van der Waals surface area contributed by atoms with Gasteiger partial charge >= 0.3 is 11.8 Å². The van der Waals surface area contributed by atoms with E-state index in [1.165, 1.54) is 0 Å². The fourth-order valence-corrected chi connectivity index (χ4v) is 2.42. The molecule has 8 nitrogen and oxygen atoms in total. The maximum Gasteiger partial charge on any atom is 0.315 e. The van der Waals surface area contributed by atoms with Crippen molar-refractivity contribution in [2.24, 2.45) is 0 Å². The lowest BCUT2D eigenvalue weighted by Crippen LogP contribution is -2.25. The van der Waals surface area contributed by atoms with Gasteiger partial charge in [-0.2, -0.15) is 4.98 Å². The second-order valence-corrected chi connectivity index (χ2v) is 5.99. The van der Waals surface area contributed by atoms with Gasteiger partial charge in [-0.3, -0.25) is 9.59 Å². The van der Waals surface area contributed by atoms with Crippen LogP contribution in [0.15, 0.2) is 59.1 Å². The largest absolute Gasteiger partial charge is 0.497 e.